The Balaban J connectivity index is 2.04. The maximum Gasteiger partial charge on any atom is 0.0460 e. The van der Waals surface area contributed by atoms with Crippen molar-refractivity contribution in [2.24, 2.45) is 11.8 Å². The molecule has 0 amide bonds. The Labute approximate surface area is 102 Å². The Bertz CT molecular complexity index is 341. The van der Waals surface area contributed by atoms with E-state index in [2.05, 4.69) is 18.4 Å². The molecule has 3 N–H and O–H groups in total. The van der Waals surface area contributed by atoms with Crippen molar-refractivity contribution in [3.63, 3.8) is 0 Å². The number of nitrogens with two attached hydrogens (primary N) is 1. The minimum absolute atomic E-state index is 0.234. The van der Waals surface area contributed by atoms with Crippen molar-refractivity contribution < 1.29 is 0 Å². The van der Waals surface area contributed by atoms with Crippen LogP contribution in [-0.4, -0.2) is 0 Å². The summed E-state index contributed by atoms with van der Waals surface area (Å²) in [5.74, 6) is 6.56. The van der Waals surface area contributed by atoms with E-state index in [0.29, 0.717) is 0 Å². The van der Waals surface area contributed by atoms with Gasteiger partial charge < -0.3 is 0 Å². The lowest BCUT2D eigenvalue weighted by Gasteiger charge is -2.17. The molecule has 2 nitrogen and oxygen atoms in total. The molecule has 0 heterocycles. The largest absolute Gasteiger partial charge is 0.271 e. The number of hydrogen-bond acceptors (Lipinski definition) is 2. The summed E-state index contributed by atoms with van der Waals surface area (Å²) in [7, 11) is 0. The normalized spacial score (nSPS) is 17.4. The predicted octanol–water partition coefficient (Wildman–Crippen LogP) is 3.34. The van der Waals surface area contributed by atoms with E-state index in [1.807, 2.05) is 12.1 Å². The molecule has 1 aromatic carbocycles. The van der Waals surface area contributed by atoms with E-state index in [-0.39, 0.29) is 6.04 Å². The fourth-order valence-corrected chi connectivity index (χ4v) is 2.42. The van der Waals surface area contributed by atoms with Crippen LogP contribution in [-0.2, 0) is 0 Å². The molecule has 1 saturated carbocycles. The lowest BCUT2D eigenvalue weighted by atomic mass is 9.99. The number of nitrogens with one attached hydrogen (secondary N) is 1. The number of hydrazine groups is 1. The molecule has 0 aromatic heterocycles. The summed E-state index contributed by atoms with van der Waals surface area (Å²) in [6.07, 6.45) is 5.15. The maximum atomic E-state index is 6.06. The highest BCUT2D eigenvalue weighted by molar-refractivity contribution is 6.30. The summed E-state index contributed by atoms with van der Waals surface area (Å²) in [6.45, 7) is 2.06. The number of benzene rings is 1. The number of halogens is 1. The first-order valence-corrected chi connectivity index (χ1v) is 6.30. The fourth-order valence-electron chi connectivity index (χ4n) is 2.12. The Morgan fingerprint density at radius 2 is 2.19 bits per heavy atom. The van der Waals surface area contributed by atoms with Crippen molar-refractivity contribution in [3.05, 3.63) is 34.3 Å². The van der Waals surface area contributed by atoms with Crippen molar-refractivity contribution in [1.82, 2.24) is 5.43 Å². The summed E-state index contributed by atoms with van der Waals surface area (Å²) in [5, 5.41) is 0.793. The van der Waals surface area contributed by atoms with Crippen LogP contribution < -0.4 is 11.3 Å². The molecule has 2 rings (SSSR count). The van der Waals surface area contributed by atoms with Crippen molar-refractivity contribution >= 4 is 11.6 Å². The monoisotopic (exact) mass is 238 g/mol. The van der Waals surface area contributed by atoms with Crippen LogP contribution in [0.5, 0.6) is 0 Å². The van der Waals surface area contributed by atoms with Crippen molar-refractivity contribution in [3.8, 4) is 0 Å². The van der Waals surface area contributed by atoms with Gasteiger partial charge in [-0.1, -0.05) is 30.5 Å². The highest BCUT2D eigenvalue weighted by Gasteiger charge is 2.22. The minimum atomic E-state index is 0.234. The number of aryl methyl sites for hydroxylation is 1. The Morgan fingerprint density at radius 3 is 2.75 bits per heavy atom. The second kappa shape index (κ2) is 5.17. The van der Waals surface area contributed by atoms with Crippen LogP contribution in [0, 0.1) is 12.8 Å². The lowest BCUT2D eigenvalue weighted by molar-refractivity contribution is 0.482. The van der Waals surface area contributed by atoms with Gasteiger partial charge in [-0.25, -0.2) is 0 Å². The van der Waals surface area contributed by atoms with Gasteiger partial charge in [-0.2, -0.15) is 0 Å². The summed E-state index contributed by atoms with van der Waals surface area (Å²) in [5.41, 5.74) is 5.29. The van der Waals surface area contributed by atoms with Gasteiger partial charge in [0.2, 0.25) is 0 Å². The molecule has 1 aromatic rings. The van der Waals surface area contributed by atoms with E-state index in [0.717, 1.165) is 17.4 Å². The summed E-state index contributed by atoms with van der Waals surface area (Å²) >= 11 is 6.06. The fraction of sp³-hybridized carbons (Fsp3) is 0.538. The smallest absolute Gasteiger partial charge is 0.0460 e. The van der Waals surface area contributed by atoms with Crippen molar-refractivity contribution in [2.45, 2.75) is 38.6 Å². The second-order valence-electron chi connectivity index (χ2n) is 4.80. The van der Waals surface area contributed by atoms with Gasteiger partial charge in [0.15, 0.2) is 0 Å². The molecule has 0 spiro atoms. The first-order chi connectivity index (χ1) is 7.69. The average Bonchev–Trinajstić information content (AvgIpc) is 3.01. The van der Waals surface area contributed by atoms with Crippen LogP contribution in [0.25, 0.3) is 0 Å². The molecule has 1 aliphatic rings. The highest BCUT2D eigenvalue weighted by Crippen LogP contribution is 2.36. The van der Waals surface area contributed by atoms with Crippen LogP contribution in [0.2, 0.25) is 5.02 Å². The maximum absolute atomic E-state index is 6.06. The lowest BCUT2D eigenvalue weighted by Crippen LogP contribution is -2.28. The third-order valence-electron chi connectivity index (χ3n) is 3.23. The van der Waals surface area contributed by atoms with Crippen LogP contribution in [0.1, 0.15) is 42.9 Å². The van der Waals surface area contributed by atoms with Crippen molar-refractivity contribution in [1.29, 1.82) is 0 Å². The van der Waals surface area contributed by atoms with Gasteiger partial charge in [-0.05, 0) is 48.9 Å². The molecule has 0 aliphatic heterocycles. The summed E-state index contributed by atoms with van der Waals surface area (Å²) in [4.78, 5) is 0. The molecular formula is C13H19ClN2. The third-order valence-corrected chi connectivity index (χ3v) is 3.45. The zero-order valence-corrected chi connectivity index (χ0v) is 10.4. The first kappa shape index (κ1) is 11.9. The zero-order chi connectivity index (χ0) is 11.5. The Kier molecular flexibility index (Phi) is 3.85. The molecular weight excluding hydrogens is 220 g/mol. The van der Waals surface area contributed by atoms with Crippen LogP contribution in [0.3, 0.4) is 0 Å². The molecule has 3 heteroatoms. The summed E-state index contributed by atoms with van der Waals surface area (Å²) < 4.78 is 0. The van der Waals surface area contributed by atoms with E-state index < -0.39 is 0 Å². The van der Waals surface area contributed by atoms with Gasteiger partial charge >= 0.3 is 0 Å². The van der Waals surface area contributed by atoms with E-state index in [4.69, 9.17) is 17.4 Å². The van der Waals surface area contributed by atoms with E-state index in [1.54, 1.807) is 0 Å². The molecule has 16 heavy (non-hydrogen) atoms. The molecule has 1 fully saturated rings. The molecule has 1 unspecified atom stereocenters. The first-order valence-electron chi connectivity index (χ1n) is 5.92. The molecule has 0 bridgehead atoms. The molecule has 88 valence electrons. The third kappa shape index (κ3) is 3.21. The zero-order valence-electron chi connectivity index (χ0n) is 9.67. The Hall–Kier alpha value is -0.570. The van der Waals surface area contributed by atoms with Crippen LogP contribution >= 0.6 is 11.6 Å². The van der Waals surface area contributed by atoms with E-state index in [1.165, 1.54) is 30.4 Å². The van der Waals surface area contributed by atoms with Crippen LogP contribution in [0.15, 0.2) is 18.2 Å². The topological polar surface area (TPSA) is 38.0 Å². The molecule has 0 radical (unpaired) electrons. The standard InChI is InChI=1S/C13H19ClN2/c1-9-6-11(8-12(14)7-9)13(16-15)5-4-10-2-3-10/h6-8,10,13,16H,2-5,15H2,1H3. The summed E-state index contributed by atoms with van der Waals surface area (Å²) in [6, 6.07) is 6.37. The van der Waals surface area contributed by atoms with Gasteiger partial charge in [0.25, 0.3) is 0 Å². The van der Waals surface area contributed by atoms with Gasteiger partial charge in [0, 0.05) is 11.1 Å². The number of hydrogen-bond donors (Lipinski definition) is 2. The predicted molar refractivity (Wildman–Crippen MR) is 68.2 cm³/mol. The van der Waals surface area contributed by atoms with Gasteiger partial charge in [-0.3, -0.25) is 11.3 Å². The van der Waals surface area contributed by atoms with Gasteiger partial charge in [0.1, 0.15) is 0 Å². The SMILES string of the molecule is Cc1cc(Cl)cc(C(CCC2CC2)NN)c1. The molecule has 1 aliphatic carbocycles. The van der Waals surface area contributed by atoms with Gasteiger partial charge in [-0.15, -0.1) is 0 Å². The molecule has 1 atom stereocenters. The highest BCUT2D eigenvalue weighted by atomic mass is 35.5. The van der Waals surface area contributed by atoms with Gasteiger partial charge in [0.05, 0.1) is 0 Å². The quantitative estimate of drug-likeness (QED) is 0.610. The Morgan fingerprint density at radius 1 is 1.44 bits per heavy atom. The van der Waals surface area contributed by atoms with E-state index in [9.17, 15) is 0 Å². The van der Waals surface area contributed by atoms with Crippen molar-refractivity contribution in [2.75, 3.05) is 0 Å². The second-order valence-corrected chi connectivity index (χ2v) is 5.24. The van der Waals surface area contributed by atoms with E-state index >= 15 is 0 Å². The van der Waals surface area contributed by atoms with Crippen LogP contribution in [0.4, 0.5) is 0 Å². The average molecular weight is 239 g/mol. The number of rotatable bonds is 5. The molecule has 0 saturated heterocycles. The minimum Gasteiger partial charge on any atom is -0.271 e.